The van der Waals surface area contributed by atoms with E-state index < -0.39 is 0 Å². The average Bonchev–Trinajstić information content (AvgIpc) is 3.10. The fraction of sp³-hybridized carbons (Fsp3) is 0.217. The second-order valence-corrected chi connectivity index (χ2v) is 7.95. The van der Waals surface area contributed by atoms with Gasteiger partial charge in [0.05, 0.1) is 5.52 Å². The Morgan fingerprint density at radius 2 is 1.56 bits per heavy atom. The first-order valence-corrected chi connectivity index (χ1v) is 8.78. The summed E-state index contributed by atoms with van der Waals surface area (Å²) in [5.74, 6) is 0. The summed E-state index contributed by atoms with van der Waals surface area (Å²) in [5.41, 5.74) is 5.78. The lowest BCUT2D eigenvalue weighted by atomic mass is 9.84. The number of furan rings is 1. The van der Waals surface area contributed by atoms with Gasteiger partial charge in [0.2, 0.25) is 0 Å². The Balaban J connectivity index is 2.05. The number of benzene rings is 3. The van der Waals surface area contributed by atoms with E-state index in [9.17, 15) is 0 Å². The highest BCUT2D eigenvalue weighted by atomic mass is 16.3. The maximum atomic E-state index is 6.39. The third kappa shape index (κ3) is 1.85. The molecule has 124 valence electrons. The lowest BCUT2D eigenvalue weighted by molar-refractivity contribution is 0.594. The van der Waals surface area contributed by atoms with Crippen LogP contribution in [-0.2, 0) is 12.5 Å². The van der Waals surface area contributed by atoms with Crippen molar-refractivity contribution in [3.8, 4) is 0 Å². The molecule has 0 saturated heterocycles. The molecule has 0 fully saturated rings. The Hall–Kier alpha value is -2.74. The highest BCUT2D eigenvalue weighted by molar-refractivity contribution is 6.21. The van der Waals surface area contributed by atoms with Gasteiger partial charge in [-0.15, -0.1) is 0 Å². The first-order valence-electron chi connectivity index (χ1n) is 8.78. The minimum absolute atomic E-state index is 0.0736. The molecule has 0 N–H and O–H groups in total. The van der Waals surface area contributed by atoms with Gasteiger partial charge in [0.25, 0.3) is 0 Å². The van der Waals surface area contributed by atoms with Crippen molar-refractivity contribution >= 4 is 43.7 Å². The van der Waals surface area contributed by atoms with E-state index >= 15 is 0 Å². The molecule has 0 unspecified atom stereocenters. The number of fused-ring (bicyclic) bond motifs is 7. The van der Waals surface area contributed by atoms with Crippen molar-refractivity contribution < 1.29 is 4.42 Å². The van der Waals surface area contributed by atoms with Crippen LogP contribution in [0.15, 0.2) is 59.0 Å². The summed E-state index contributed by atoms with van der Waals surface area (Å²) in [4.78, 5) is 0. The van der Waals surface area contributed by atoms with Crippen molar-refractivity contribution in [2.75, 3.05) is 0 Å². The zero-order chi connectivity index (χ0) is 17.3. The minimum atomic E-state index is 0.0736. The van der Waals surface area contributed by atoms with Crippen LogP contribution in [0, 0.1) is 0 Å². The molecule has 2 heterocycles. The smallest absolute Gasteiger partial charge is 0.159 e. The van der Waals surface area contributed by atoms with Gasteiger partial charge in [0.1, 0.15) is 5.58 Å². The van der Waals surface area contributed by atoms with Crippen LogP contribution in [0.1, 0.15) is 26.3 Å². The van der Waals surface area contributed by atoms with Crippen molar-refractivity contribution in [1.82, 2.24) is 4.57 Å². The predicted octanol–water partition coefficient (Wildman–Crippen LogP) is 6.53. The largest absolute Gasteiger partial charge is 0.454 e. The fourth-order valence-corrected chi connectivity index (χ4v) is 4.16. The lowest BCUT2D eigenvalue weighted by Crippen LogP contribution is -2.11. The molecule has 0 amide bonds. The molecule has 0 saturated carbocycles. The summed E-state index contributed by atoms with van der Waals surface area (Å²) < 4.78 is 8.65. The molecule has 0 radical (unpaired) electrons. The van der Waals surface area contributed by atoms with Crippen molar-refractivity contribution in [2.45, 2.75) is 26.2 Å². The zero-order valence-corrected chi connectivity index (χ0v) is 15.1. The third-order valence-corrected chi connectivity index (χ3v) is 5.34. The van der Waals surface area contributed by atoms with Crippen LogP contribution in [0.2, 0.25) is 0 Å². The van der Waals surface area contributed by atoms with E-state index in [0.717, 1.165) is 11.2 Å². The van der Waals surface area contributed by atoms with Crippen molar-refractivity contribution in [3.05, 3.63) is 60.2 Å². The highest BCUT2D eigenvalue weighted by Gasteiger charge is 2.22. The molecule has 2 nitrogen and oxygen atoms in total. The Kier molecular flexibility index (Phi) is 2.72. The van der Waals surface area contributed by atoms with Gasteiger partial charge in [-0.25, -0.2) is 0 Å². The average molecular weight is 327 g/mol. The first kappa shape index (κ1) is 14.6. The van der Waals surface area contributed by atoms with Gasteiger partial charge in [-0.05, 0) is 29.2 Å². The number of aromatic nitrogens is 1. The molecule has 5 rings (SSSR count). The van der Waals surface area contributed by atoms with Crippen LogP contribution in [-0.4, -0.2) is 4.57 Å². The molecule has 2 heteroatoms. The molecule has 0 aliphatic carbocycles. The molecule has 0 aliphatic heterocycles. The minimum Gasteiger partial charge on any atom is -0.454 e. The molecule has 25 heavy (non-hydrogen) atoms. The number of hydrogen-bond acceptors (Lipinski definition) is 1. The summed E-state index contributed by atoms with van der Waals surface area (Å²) in [7, 11) is 2.13. The van der Waals surface area contributed by atoms with E-state index in [0.29, 0.717) is 0 Å². The Morgan fingerprint density at radius 3 is 2.36 bits per heavy atom. The SMILES string of the molecule is Cn1c2ccccc2c2ccc3c(oc4cccc(C(C)(C)C)c43)c21. The number of para-hydroxylation sites is 1. The van der Waals surface area contributed by atoms with E-state index in [1.54, 1.807) is 0 Å². The standard InChI is InChI=1S/C23H21NO/c1-23(2,3)17-9-7-11-19-20(17)16-13-12-15-14-8-5-6-10-18(14)24(4)21(15)22(16)25-19/h5-13H,1-4H3. The number of aryl methyl sites for hydroxylation is 1. The van der Waals surface area contributed by atoms with Crippen LogP contribution in [0.5, 0.6) is 0 Å². The number of nitrogens with zero attached hydrogens (tertiary/aromatic N) is 1. The van der Waals surface area contributed by atoms with Crippen LogP contribution in [0.25, 0.3) is 43.7 Å². The molecule has 0 spiro atoms. The van der Waals surface area contributed by atoms with Crippen LogP contribution >= 0.6 is 0 Å². The highest BCUT2D eigenvalue weighted by Crippen LogP contribution is 2.41. The normalized spacial score (nSPS) is 12.8. The number of rotatable bonds is 0. The zero-order valence-electron chi connectivity index (χ0n) is 15.1. The quantitative estimate of drug-likeness (QED) is 0.316. The fourth-order valence-electron chi connectivity index (χ4n) is 4.16. The van der Waals surface area contributed by atoms with Crippen molar-refractivity contribution in [2.24, 2.45) is 7.05 Å². The van der Waals surface area contributed by atoms with Crippen LogP contribution in [0.4, 0.5) is 0 Å². The monoisotopic (exact) mass is 327 g/mol. The summed E-state index contributed by atoms with van der Waals surface area (Å²) in [6.45, 7) is 6.78. The summed E-state index contributed by atoms with van der Waals surface area (Å²) >= 11 is 0. The molecule has 5 aromatic rings. The van der Waals surface area contributed by atoms with Gasteiger partial charge >= 0.3 is 0 Å². The second-order valence-electron chi connectivity index (χ2n) is 7.95. The van der Waals surface area contributed by atoms with E-state index in [1.165, 1.54) is 38.1 Å². The van der Waals surface area contributed by atoms with E-state index in [-0.39, 0.29) is 5.41 Å². The Labute approximate surface area is 146 Å². The van der Waals surface area contributed by atoms with Gasteiger partial charge in [-0.3, -0.25) is 0 Å². The van der Waals surface area contributed by atoms with Gasteiger partial charge in [0.15, 0.2) is 5.58 Å². The maximum absolute atomic E-state index is 6.39. The maximum Gasteiger partial charge on any atom is 0.159 e. The van der Waals surface area contributed by atoms with Gasteiger partial charge in [0, 0.05) is 34.1 Å². The molecule has 3 aromatic carbocycles. The van der Waals surface area contributed by atoms with Crippen molar-refractivity contribution in [3.63, 3.8) is 0 Å². The first-order chi connectivity index (χ1) is 12.0. The Bertz CT molecular complexity index is 1280. The molecular weight excluding hydrogens is 306 g/mol. The molecular formula is C23H21NO. The Morgan fingerprint density at radius 1 is 0.800 bits per heavy atom. The van der Waals surface area contributed by atoms with Crippen molar-refractivity contribution in [1.29, 1.82) is 0 Å². The van der Waals surface area contributed by atoms with E-state index in [2.05, 4.69) is 87.0 Å². The van der Waals surface area contributed by atoms with Gasteiger partial charge in [-0.1, -0.05) is 57.2 Å². The van der Waals surface area contributed by atoms with E-state index in [1.807, 2.05) is 0 Å². The summed E-state index contributed by atoms with van der Waals surface area (Å²) in [6, 6.07) is 19.4. The van der Waals surface area contributed by atoms with E-state index in [4.69, 9.17) is 4.42 Å². The molecule has 0 bridgehead atoms. The van der Waals surface area contributed by atoms with Crippen LogP contribution in [0.3, 0.4) is 0 Å². The van der Waals surface area contributed by atoms with Gasteiger partial charge in [-0.2, -0.15) is 0 Å². The summed E-state index contributed by atoms with van der Waals surface area (Å²) in [5, 5.41) is 4.98. The van der Waals surface area contributed by atoms with Gasteiger partial charge < -0.3 is 8.98 Å². The molecule has 0 atom stereocenters. The van der Waals surface area contributed by atoms with Crippen LogP contribution < -0.4 is 0 Å². The third-order valence-electron chi connectivity index (χ3n) is 5.34. The second kappa shape index (κ2) is 4.66. The predicted molar refractivity (Wildman–Crippen MR) is 106 cm³/mol. The molecule has 2 aromatic heterocycles. The topological polar surface area (TPSA) is 18.1 Å². The lowest BCUT2D eigenvalue weighted by Gasteiger charge is -2.19. The molecule has 0 aliphatic rings. The summed E-state index contributed by atoms with van der Waals surface area (Å²) in [6.07, 6.45) is 0. The number of hydrogen-bond donors (Lipinski definition) is 0.